The van der Waals surface area contributed by atoms with Crippen molar-refractivity contribution in [3.8, 4) is 0 Å². The summed E-state index contributed by atoms with van der Waals surface area (Å²) in [6.07, 6.45) is 8.27. The van der Waals surface area contributed by atoms with Gasteiger partial charge in [-0.2, -0.15) is 0 Å². The van der Waals surface area contributed by atoms with Gasteiger partial charge in [-0.1, -0.05) is 60.7 Å². The summed E-state index contributed by atoms with van der Waals surface area (Å²) in [6.45, 7) is 10.1. The lowest BCUT2D eigenvalue weighted by atomic mass is 9.95. The minimum Gasteiger partial charge on any atom is -0.398 e. The molecule has 0 amide bonds. The molecule has 0 unspecified atom stereocenters. The third kappa shape index (κ3) is 3.56. The van der Waals surface area contributed by atoms with Crippen LogP contribution in [0.5, 0.6) is 0 Å². The first-order valence-corrected chi connectivity index (χ1v) is 7.48. The molecule has 2 aromatic carbocycles. The molecule has 0 radical (unpaired) electrons. The molecule has 112 valence electrons. The van der Waals surface area contributed by atoms with Crippen LogP contribution in [0.15, 0.2) is 78.4 Å². The van der Waals surface area contributed by atoms with E-state index in [1.54, 1.807) is 0 Å². The van der Waals surface area contributed by atoms with E-state index in [1.807, 2.05) is 44.2 Å². The van der Waals surface area contributed by atoms with Gasteiger partial charge in [0, 0.05) is 11.3 Å². The molecule has 0 aliphatic heterocycles. The average molecular weight is 289 g/mol. The third-order valence-corrected chi connectivity index (χ3v) is 3.58. The highest BCUT2D eigenvalue weighted by molar-refractivity contribution is 5.94. The standard InChI is InChI=1S/C21H23N/c1-5-8-16(4)19(12-11-15(2)3)20-13-17-9-6-7-10-18(17)14-21(20)22/h5-14H,2,22H2,1,3-4H3/b8-5-,12-11+,19-16+. The monoisotopic (exact) mass is 289 g/mol. The fourth-order valence-corrected chi connectivity index (χ4v) is 2.49. The maximum Gasteiger partial charge on any atom is 0.0400 e. The van der Waals surface area contributed by atoms with Crippen molar-refractivity contribution in [2.45, 2.75) is 20.8 Å². The molecule has 0 aliphatic carbocycles. The van der Waals surface area contributed by atoms with Crippen molar-refractivity contribution in [1.82, 2.24) is 0 Å². The molecule has 1 nitrogen and oxygen atoms in total. The van der Waals surface area contributed by atoms with Crippen molar-refractivity contribution >= 4 is 22.0 Å². The predicted octanol–water partition coefficient (Wildman–Crippen LogP) is 5.90. The summed E-state index contributed by atoms with van der Waals surface area (Å²) in [6, 6.07) is 12.5. The smallest absolute Gasteiger partial charge is 0.0400 e. The quantitative estimate of drug-likeness (QED) is 0.550. The van der Waals surface area contributed by atoms with E-state index in [0.29, 0.717) is 0 Å². The predicted molar refractivity (Wildman–Crippen MR) is 99.7 cm³/mol. The van der Waals surface area contributed by atoms with E-state index in [2.05, 4.69) is 43.9 Å². The van der Waals surface area contributed by atoms with Gasteiger partial charge >= 0.3 is 0 Å². The molecular weight excluding hydrogens is 266 g/mol. The highest BCUT2D eigenvalue weighted by atomic mass is 14.6. The van der Waals surface area contributed by atoms with Gasteiger partial charge in [-0.15, -0.1) is 0 Å². The van der Waals surface area contributed by atoms with Crippen molar-refractivity contribution in [3.05, 3.63) is 84.0 Å². The molecule has 2 aromatic rings. The van der Waals surface area contributed by atoms with Gasteiger partial charge in [0.25, 0.3) is 0 Å². The zero-order valence-electron chi connectivity index (χ0n) is 13.6. The number of fused-ring (bicyclic) bond motifs is 1. The maximum absolute atomic E-state index is 6.31. The van der Waals surface area contributed by atoms with Crippen molar-refractivity contribution in [3.63, 3.8) is 0 Å². The van der Waals surface area contributed by atoms with Gasteiger partial charge in [-0.05, 0) is 54.8 Å². The molecule has 0 heterocycles. The second kappa shape index (κ2) is 6.95. The Kier molecular flexibility index (Phi) is 5.00. The minimum absolute atomic E-state index is 0.795. The number of hydrogen-bond donors (Lipinski definition) is 1. The van der Waals surface area contributed by atoms with E-state index in [0.717, 1.165) is 27.8 Å². The summed E-state index contributed by atoms with van der Waals surface area (Å²) >= 11 is 0. The summed E-state index contributed by atoms with van der Waals surface area (Å²) in [7, 11) is 0. The normalized spacial score (nSPS) is 13.0. The van der Waals surface area contributed by atoms with E-state index in [4.69, 9.17) is 5.73 Å². The Balaban J connectivity index is 2.68. The molecule has 0 fully saturated rings. The highest BCUT2D eigenvalue weighted by Gasteiger charge is 2.07. The number of rotatable bonds is 4. The van der Waals surface area contributed by atoms with Gasteiger partial charge < -0.3 is 5.73 Å². The van der Waals surface area contributed by atoms with Crippen molar-refractivity contribution in [2.24, 2.45) is 0 Å². The largest absolute Gasteiger partial charge is 0.398 e. The minimum atomic E-state index is 0.795. The molecule has 0 saturated heterocycles. The van der Waals surface area contributed by atoms with E-state index in [1.165, 1.54) is 11.0 Å². The van der Waals surface area contributed by atoms with Gasteiger partial charge in [0.05, 0.1) is 0 Å². The summed E-state index contributed by atoms with van der Waals surface area (Å²) in [5.41, 5.74) is 11.5. The lowest BCUT2D eigenvalue weighted by molar-refractivity contribution is 1.48. The Labute approximate surface area is 133 Å². The fourth-order valence-electron chi connectivity index (χ4n) is 2.49. The first kappa shape index (κ1) is 15.8. The molecule has 0 saturated carbocycles. The third-order valence-electron chi connectivity index (χ3n) is 3.58. The van der Waals surface area contributed by atoms with Crippen LogP contribution in [-0.4, -0.2) is 0 Å². The van der Waals surface area contributed by atoms with Crippen molar-refractivity contribution < 1.29 is 0 Å². The zero-order chi connectivity index (χ0) is 16.1. The van der Waals surface area contributed by atoms with E-state index in [9.17, 15) is 0 Å². The topological polar surface area (TPSA) is 26.0 Å². The molecule has 22 heavy (non-hydrogen) atoms. The van der Waals surface area contributed by atoms with Gasteiger partial charge in [0.1, 0.15) is 0 Å². The molecule has 0 atom stereocenters. The van der Waals surface area contributed by atoms with Crippen LogP contribution in [-0.2, 0) is 0 Å². The first-order valence-electron chi connectivity index (χ1n) is 7.48. The molecular formula is C21H23N. The van der Waals surface area contributed by atoms with E-state index < -0.39 is 0 Å². The van der Waals surface area contributed by atoms with Crippen LogP contribution >= 0.6 is 0 Å². The Morgan fingerprint density at radius 1 is 1.00 bits per heavy atom. The van der Waals surface area contributed by atoms with Crippen molar-refractivity contribution in [2.75, 3.05) is 5.73 Å². The summed E-state index contributed by atoms with van der Waals surface area (Å²) in [5.74, 6) is 0. The van der Waals surface area contributed by atoms with E-state index >= 15 is 0 Å². The van der Waals surface area contributed by atoms with Crippen LogP contribution in [0.1, 0.15) is 26.3 Å². The lowest BCUT2D eigenvalue weighted by Gasteiger charge is -2.12. The maximum atomic E-state index is 6.31. The molecule has 0 bridgehead atoms. The molecule has 1 heteroatoms. The van der Waals surface area contributed by atoms with Crippen molar-refractivity contribution in [1.29, 1.82) is 0 Å². The van der Waals surface area contributed by atoms with Crippen LogP contribution in [0, 0.1) is 0 Å². The first-order chi connectivity index (χ1) is 10.5. The fraction of sp³-hybridized carbons (Fsp3) is 0.143. The molecule has 2 rings (SSSR count). The van der Waals surface area contributed by atoms with E-state index in [-0.39, 0.29) is 0 Å². The lowest BCUT2D eigenvalue weighted by Crippen LogP contribution is -1.95. The Morgan fingerprint density at radius 2 is 1.64 bits per heavy atom. The van der Waals surface area contributed by atoms with Crippen LogP contribution in [0.4, 0.5) is 5.69 Å². The number of nitrogens with two attached hydrogens (primary N) is 1. The number of hydrogen-bond acceptors (Lipinski definition) is 1. The molecule has 0 aliphatic rings. The number of allylic oxidation sites excluding steroid dienone is 7. The number of nitrogen functional groups attached to an aromatic ring is 1. The second-order valence-electron chi connectivity index (χ2n) is 5.56. The molecule has 2 N–H and O–H groups in total. The van der Waals surface area contributed by atoms with Gasteiger partial charge in [-0.25, -0.2) is 0 Å². The SMILES string of the molecule is C=C(C)/C=C/C(=C(C)\C=C/C)c1cc2ccccc2cc1N. The Hall–Kier alpha value is -2.54. The van der Waals surface area contributed by atoms with Gasteiger partial charge in [0.2, 0.25) is 0 Å². The molecule has 0 aromatic heterocycles. The van der Waals surface area contributed by atoms with Crippen LogP contribution < -0.4 is 5.73 Å². The Bertz CT molecular complexity index is 789. The van der Waals surface area contributed by atoms with Gasteiger partial charge in [-0.3, -0.25) is 0 Å². The average Bonchev–Trinajstić information content (AvgIpc) is 2.47. The second-order valence-corrected chi connectivity index (χ2v) is 5.56. The number of benzene rings is 2. The van der Waals surface area contributed by atoms with Crippen LogP contribution in [0.3, 0.4) is 0 Å². The highest BCUT2D eigenvalue weighted by Crippen LogP contribution is 2.30. The number of anilines is 1. The Morgan fingerprint density at radius 3 is 2.23 bits per heavy atom. The van der Waals surface area contributed by atoms with Crippen LogP contribution in [0.2, 0.25) is 0 Å². The van der Waals surface area contributed by atoms with Crippen LogP contribution in [0.25, 0.3) is 16.3 Å². The zero-order valence-corrected chi connectivity index (χ0v) is 13.6. The summed E-state index contributed by atoms with van der Waals surface area (Å²) in [4.78, 5) is 0. The van der Waals surface area contributed by atoms with Gasteiger partial charge in [0.15, 0.2) is 0 Å². The molecule has 0 spiro atoms. The summed E-state index contributed by atoms with van der Waals surface area (Å²) < 4.78 is 0. The summed E-state index contributed by atoms with van der Waals surface area (Å²) in [5, 5.41) is 2.36.